The molecular formula is C36H32BNO2. The van der Waals surface area contributed by atoms with E-state index in [1.807, 2.05) is 12.1 Å². The van der Waals surface area contributed by atoms with Gasteiger partial charge in [0.15, 0.2) is 0 Å². The van der Waals surface area contributed by atoms with Gasteiger partial charge in [-0.2, -0.15) is 0 Å². The third-order valence-corrected chi connectivity index (χ3v) is 8.13. The Balaban J connectivity index is 1.46. The molecule has 0 saturated heterocycles. The van der Waals surface area contributed by atoms with Crippen LogP contribution in [0.15, 0.2) is 109 Å². The van der Waals surface area contributed by atoms with Gasteiger partial charge in [0.05, 0.1) is 5.69 Å². The third-order valence-electron chi connectivity index (χ3n) is 8.13. The summed E-state index contributed by atoms with van der Waals surface area (Å²) in [5.41, 5.74) is 9.30. The third kappa shape index (κ3) is 4.07. The molecule has 0 radical (unpaired) electrons. The molecule has 0 amide bonds. The number of rotatable bonds is 5. The Kier molecular flexibility index (Phi) is 5.93. The molecular weight excluding hydrogens is 489 g/mol. The highest BCUT2D eigenvalue weighted by molar-refractivity contribution is 6.98. The number of nitrogens with zero attached hydrogens (tertiary/aromatic N) is 1. The normalized spacial score (nSPS) is 12.8. The smallest absolute Gasteiger partial charge is 0.260 e. The zero-order chi connectivity index (χ0) is 27.4. The first-order chi connectivity index (χ1) is 19.5. The number of hydrogen-bond donors (Lipinski definition) is 0. The summed E-state index contributed by atoms with van der Waals surface area (Å²) in [6, 6.07) is 38.6. The monoisotopic (exact) mass is 521 g/mol. The molecule has 3 nitrogen and oxygen atoms in total. The Morgan fingerprint density at radius 3 is 1.38 bits per heavy atom. The van der Waals surface area contributed by atoms with E-state index in [1.165, 1.54) is 22.1 Å². The Morgan fingerprint density at radius 2 is 0.950 bits per heavy atom. The summed E-state index contributed by atoms with van der Waals surface area (Å²) in [7, 11) is 0. The van der Waals surface area contributed by atoms with E-state index >= 15 is 0 Å². The molecule has 2 aliphatic rings. The van der Waals surface area contributed by atoms with E-state index in [0.717, 1.165) is 45.5 Å². The van der Waals surface area contributed by atoms with Gasteiger partial charge in [-0.1, -0.05) is 88.4 Å². The minimum Gasteiger partial charge on any atom is -0.458 e. The van der Waals surface area contributed by atoms with Gasteiger partial charge in [-0.05, 0) is 70.3 Å². The highest BCUT2D eigenvalue weighted by atomic mass is 16.5. The van der Waals surface area contributed by atoms with Crippen molar-refractivity contribution in [2.45, 2.75) is 39.5 Å². The van der Waals surface area contributed by atoms with Gasteiger partial charge in [-0.15, -0.1) is 0 Å². The zero-order valence-electron chi connectivity index (χ0n) is 23.4. The topological polar surface area (TPSA) is 21.7 Å². The standard InChI is InChI=1S/C36H32BNO2/c1-23(2)25-15-17-32-30(19-25)37-31-20-26(24(3)4)16-18-33(31)40-35-22-29(21-34(39-32)36(35)37)38(27-11-7-5-8-12-27)28-13-9-6-10-14-28/h5-24H,1-4H3. The number of anilines is 3. The molecule has 0 fully saturated rings. The largest absolute Gasteiger partial charge is 0.458 e. The van der Waals surface area contributed by atoms with E-state index in [-0.39, 0.29) is 6.71 Å². The molecule has 0 unspecified atom stereocenters. The molecule has 5 aromatic carbocycles. The summed E-state index contributed by atoms with van der Waals surface area (Å²) < 4.78 is 13.4. The summed E-state index contributed by atoms with van der Waals surface area (Å²) in [5, 5.41) is 0. The molecule has 196 valence electrons. The lowest BCUT2D eigenvalue weighted by Crippen LogP contribution is -2.57. The maximum absolute atomic E-state index is 6.71. The first-order valence-electron chi connectivity index (χ1n) is 14.2. The lowest BCUT2D eigenvalue weighted by atomic mass is 9.34. The molecule has 0 spiro atoms. The van der Waals surface area contributed by atoms with Gasteiger partial charge in [-0.3, -0.25) is 0 Å². The number of fused-ring (bicyclic) bond motifs is 4. The Bertz CT molecular complexity index is 1590. The second-order valence-electron chi connectivity index (χ2n) is 11.4. The van der Waals surface area contributed by atoms with E-state index in [1.54, 1.807) is 0 Å². The lowest BCUT2D eigenvalue weighted by Gasteiger charge is -2.35. The SMILES string of the molecule is CC(C)c1ccc2c(c1)B1c3cc(C(C)C)ccc3Oc3cc(N(c4ccccc4)c4ccccc4)cc(c31)O2. The molecule has 2 aliphatic heterocycles. The molecule has 2 heterocycles. The molecule has 7 rings (SSSR count). The molecule has 5 aromatic rings. The maximum atomic E-state index is 6.71. The van der Waals surface area contributed by atoms with Gasteiger partial charge >= 0.3 is 0 Å². The van der Waals surface area contributed by atoms with Gasteiger partial charge in [-0.25, -0.2) is 0 Å². The van der Waals surface area contributed by atoms with Crippen molar-refractivity contribution in [3.05, 3.63) is 120 Å². The summed E-state index contributed by atoms with van der Waals surface area (Å²) >= 11 is 0. The number of hydrogen-bond acceptors (Lipinski definition) is 3. The average molecular weight is 521 g/mol. The average Bonchev–Trinajstić information content (AvgIpc) is 2.97. The number of para-hydroxylation sites is 2. The van der Waals surface area contributed by atoms with Crippen LogP contribution in [0, 0.1) is 0 Å². The molecule has 0 N–H and O–H groups in total. The van der Waals surface area contributed by atoms with Crippen LogP contribution < -0.4 is 30.8 Å². The van der Waals surface area contributed by atoms with Crippen LogP contribution in [0.4, 0.5) is 17.1 Å². The summed E-state index contributed by atoms with van der Waals surface area (Å²) in [6.07, 6.45) is 0. The Morgan fingerprint density at radius 1 is 0.500 bits per heavy atom. The van der Waals surface area contributed by atoms with Crippen LogP contribution in [0.3, 0.4) is 0 Å². The van der Waals surface area contributed by atoms with E-state index in [4.69, 9.17) is 9.47 Å². The van der Waals surface area contributed by atoms with Crippen molar-refractivity contribution < 1.29 is 9.47 Å². The highest BCUT2D eigenvalue weighted by Gasteiger charge is 2.41. The van der Waals surface area contributed by atoms with Crippen LogP contribution in [0.2, 0.25) is 0 Å². The van der Waals surface area contributed by atoms with Crippen molar-refractivity contribution in [1.82, 2.24) is 0 Å². The lowest BCUT2D eigenvalue weighted by molar-refractivity contribution is 0.464. The van der Waals surface area contributed by atoms with Gasteiger partial charge in [0.1, 0.15) is 23.0 Å². The van der Waals surface area contributed by atoms with Gasteiger partial charge in [0, 0.05) is 29.0 Å². The van der Waals surface area contributed by atoms with Crippen molar-refractivity contribution >= 4 is 40.2 Å². The number of ether oxygens (including phenoxy) is 2. The van der Waals surface area contributed by atoms with Crippen LogP contribution >= 0.6 is 0 Å². The van der Waals surface area contributed by atoms with E-state index in [2.05, 4.69) is 130 Å². The molecule has 0 bridgehead atoms. The molecule has 0 atom stereocenters. The van der Waals surface area contributed by atoms with Crippen LogP contribution in [-0.4, -0.2) is 6.71 Å². The summed E-state index contributed by atoms with van der Waals surface area (Å²) in [6.45, 7) is 9.02. The van der Waals surface area contributed by atoms with Gasteiger partial charge in [0.2, 0.25) is 0 Å². The van der Waals surface area contributed by atoms with Crippen LogP contribution in [0.5, 0.6) is 23.0 Å². The van der Waals surface area contributed by atoms with Crippen LogP contribution in [0.25, 0.3) is 0 Å². The predicted molar refractivity (Wildman–Crippen MR) is 167 cm³/mol. The van der Waals surface area contributed by atoms with Gasteiger partial charge in [0.25, 0.3) is 6.71 Å². The van der Waals surface area contributed by atoms with Crippen molar-refractivity contribution in [1.29, 1.82) is 0 Å². The molecule has 0 aromatic heterocycles. The Labute approximate surface area is 237 Å². The molecule has 4 heteroatoms. The quantitative estimate of drug-likeness (QED) is 0.214. The molecule has 40 heavy (non-hydrogen) atoms. The first kappa shape index (κ1) is 24.6. The minimum atomic E-state index is 0.0471. The van der Waals surface area contributed by atoms with E-state index in [0.29, 0.717) is 11.8 Å². The van der Waals surface area contributed by atoms with Crippen LogP contribution in [0.1, 0.15) is 50.7 Å². The summed E-state index contributed by atoms with van der Waals surface area (Å²) in [4.78, 5) is 2.26. The molecule has 0 saturated carbocycles. The minimum absolute atomic E-state index is 0.0471. The van der Waals surface area contributed by atoms with Gasteiger partial charge < -0.3 is 14.4 Å². The predicted octanol–water partition coefficient (Wildman–Crippen LogP) is 8.13. The second kappa shape index (κ2) is 9.64. The zero-order valence-corrected chi connectivity index (χ0v) is 23.4. The van der Waals surface area contributed by atoms with Crippen molar-refractivity contribution in [3.63, 3.8) is 0 Å². The first-order valence-corrected chi connectivity index (χ1v) is 14.2. The van der Waals surface area contributed by atoms with Crippen molar-refractivity contribution in [2.24, 2.45) is 0 Å². The van der Waals surface area contributed by atoms with E-state index in [9.17, 15) is 0 Å². The van der Waals surface area contributed by atoms with Crippen LogP contribution in [-0.2, 0) is 0 Å². The molecule has 0 aliphatic carbocycles. The summed E-state index contributed by atoms with van der Waals surface area (Å²) in [5.74, 6) is 4.39. The fourth-order valence-electron chi connectivity index (χ4n) is 5.98. The van der Waals surface area contributed by atoms with Crippen molar-refractivity contribution in [2.75, 3.05) is 4.90 Å². The fourth-order valence-corrected chi connectivity index (χ4v) is 5.98. The maximum Gasteiger partial charge on any atom is 0.260 e. The Hall–Kier alpha value is -4.44. The number of benzene rings is 5. The highest BCUT2D eigenvalue weighted by Crippen LogP contribution is 2.42. The second-order valence-corrected chi connectivity index (χ2v) is 11.4. The van der Waals surface area contributed by atoms with Crippen molar-refractivity contribution in [3.8, 4) is 23.0 Å². The van der Waals surface area contributed by atoms with E-state index < -0.39 is 0 Å². The fraction of sp³-hybridized carbons (Fsp3) is 0.167.